The van der Waals surface area contributed by atoms with Gasteiger partial charge in [-0.2, -0.15) is 0 Å². The van der Waals surface area contributed by atoms with Crippen LogP contribution in [0.15, 0.2) is 41.0 Å². The first kappa shape index (κ1) is 12.6. The molecule has 1 heterocycles. The van der Waals surface area contributed by atoms with E-state index in [2.05, 4.69) is 0 Å². The summed E-state index contributed by atoms with van der Waals surface area (Å²) in [6, 6.07) is 8.22. The van der Waals surface area contributed by atoms with Gasteiger partial charge in [0.25, 0.3) is 0 Å². The second-order valence-corrected chi connectivity index (χ2v) is 4.43. The number of halogens is 1. The Kier molecular flexibility index (Phi) is 3.67. The Hall–Kier alpha value is -1.81. The molecule has 0 saturated heterocycles. The van der Waals surface area contributed by atoms with E-state index in [9.17, 15) is 4.39 Å². The van der Waals surface area contributed by atoms with E-state index in [1.54, 1.807) is 12.3 Å². The van der Waals surface area contributed by atoms with Crippen LogP contribution in [-0.4, -0.2) is 7.05 Å². The molecule has 0 unspecified atom stereocenters. The molecule has 96 valence electrons. The first-order valence-corrected chi connectivity index (χ1v) is 5.86. The summed E-state index contributed by atoms with van der Waals surface area (Å²) in [5.74, 6) is 0.592. The summed E-state index contributed by atoms with van der Waals surface area (Å²) in [6.45, 7) is 2.47. The molecule has 0 aliphatic carbocycles. The van der Waals surface area contributed by atoms with E-state index in [4.69, 9.17) is 10.2 Å². The summed E-state index contributed by atoms with van der Waals surface area (Å²) in [6.07, 6.45) is 1.64. The maximum absolute atomic E-state index is 13.3. The van der Waals surface area contributed by atoms with Crippen LogP contribution in [0.4, 0.5) is 10.1 Å². The minimum atomic E-state index is -0.266. The van der Waals surface area contributed by atoms with Crippen LogP contribution in [0.25, 0.3) is 0 Å². The van der Waals surface area contributed by atoms with Crippen molar-refractivity contribution < 1.29 is 8.81 Å². The standard InChI is InChI=1S/C14H17FN2O/c1-10(16)13-8-11(15)5-6-14(13)17(2)9-12-4-3-7-18-12/h3-8,10H,9,16H2,1-2H3/t10-/m0/s1. The van der Waals surface area contributed by atoms with Gasteiger partial charge in [0, 0.05) is 18.8 Å². The number of rotatable bonds is 4. The van der Waals surface area contributed by atoms with Crippen LogP contribution in [-0.2, 0) is 6.54 Å². The zero-order chi connectivity index (χ0) is 13.1. The molecule has 1 aromatic heterocycles. The Morgan fingerprint density at radius 3 is 2.78 bits per heavy atom. The number of anilines is 1. The van der Waals surface area contributed by atoms with Crippen molar-refractivity contribution in [2.24, 2.45) is 5.73 Å². The summed E-state index contributed by atoms with van der Waals surface area (Å²) in [5.41, 5.74) is 7.59. The average molecular weight is 248 g/mol. The number of nitrogens with two attached hydrogens (primary N) is 1. The van der Waals surface area contributed by atoms with Crippen molar-refractivity contribution in [2.45, 2.75) is 19.5 Å². The SMILES string of the molecule is C[C@H](N)c1cc(F)ccc1N(C)Cc1ccco1. The molecule has 4 heteroatoms. The van der Waals surface area contributed by atoms with Gasteiger partial charge in [-0.25, -0.2) is 4.39 Å². The molecule has 2 N–H and O–H groups in total. The van der Waals surface area contributed by atoms with Crippen LogP contribution in [0.2, 0.25) is 0 Å². The Bertz CT molecular complexity index is 509. The number of furan rings is 1. The highest BCUT2D eigenvalue weighted by molar-refractivity contribution is 5.54. The summed E-state index contributed by atoms with van der Waals surface area (Å²) >= 11 is 0. The highest BCUT2D eigenvalue weighted by atomic mass is 19.1. The van der Waals surface area contributed by atoms with Crippen molar-refractivity contribution in [1.82, 2.24) is 0 Å². The van der Waals surface area contributed by atoms with Crippen molar-refractivity contribution in [1.29, 1.82) is 0 Å². The Morgan fingerprint density at radius 1 is 1.39 bits per heavy atom. The maximum Gasteiger partial charge on any atom is 0.123 e. The molecule has 0 aliphatic rings. The van der Waals surface area contributed by atoms with Crippen molar-refractivity contribution in [2.75, 3.05) is 11.9 Å². The number of hydrogen-bond donors (Lipinski definition) is 1. The number of hydrogen-bond acceptors (Lipinski definition) is 3. The van der Waals surface area contributed by atoms with E-state index in [1.807, 2.05) is 31.0 Å². The first-order chi connectivity index (χ1) is 8.58. The minimum absolute atomic E-state index is 0.213. The van der Waals surface area contributed by atoms with Gasteiger partial charge < -0.3 is 15.1 Å². The lowest BCUT2D eigenvalue weighted by molar-refractivity contribution is 0.507. The smallest absolute Gasteiger partial charge is 0.123 e. The van der Waals surface area contributed by atoms with E-state index in [-0.39, 0.29) is 11.9 Å². The topological polar surface area (TPSA) is 42.4 Å². The monoisotopic (exact) mass is 248 g/mol. The summed E-state index contributed by atoms with van der Waals surface area (Å²) < 4.78 is 18.6. The maximum atomic E-state index is 13.3. The third kappa shape index (κ3) is 2.71. The van der Waals surface area contributed by atoms with Gasteiger partial charge in [0.15, 0.2) is 0 Å². The van der Waals surface area contributed by atoms with Crippen LogP contribution in [0.1, 0.15) is 24.3 Å². The van der Waals surface area contributed by atoms with Crippen LogP contribution in [0.5, 0.6) is 0 Å². The third-order valence-electron chi connectivity index (χ3n) is 2.86. The molecular formula is C14H17FN2O. The lowest BCUT2D eigenvalue weighted by Gasteiger charge is -2.23. The fourth-order valence-electron chi connectivity index (χ4n) is 1.96. The van der Waals surface area contributed by atoms with Gasteiger partial charge in [0.05, 0.1) is 12.8 Å². The molecule has 0 amide bonds. The van der Waals surface area contributed by atoms with Crippen molar-refractivity contribution in [3.63, 3.8) is 0 Å². The van der Waals surface area contributed by atoms with E-state index >= 15 is 0 Å². The minimum Gasteiger partial charge on any atom is -0.467 e. The van der Waals surface area contributed by atoms with Crippen molar-refractivity contribution >= 4 is 5.69 Å². The third-order valence-corrected chi connectivity index (χ3v) is 2.86. The van der Waals surface area contributed by atoms with Crippen LogP contribution >= 0.6 is 0 Å². The van der Waals surface area contributed by atoms with Gasteiger partial charge in [0.2, 0.25) is 0 Å². The highest BCUT2D eigenvalue weighted by Crippen LogP contribution is 2.26. The molecular weight excluding hydrogens is 231 g/mol. The van der Waals surface area contributed by atoms with E-state index in [0.717, 1.165) is 17.0 Å². The van der Waals surface area contributed by atoms with Gasteiger partial charge in [-0.05, 0) is 42.8 Å². The van der Waals surface area contributed by atoms with Gasteiger partial charge in [-0.1, -0.05) is 0 Å². The molecule has 1 aromatic carbocycles. The Balaban J connectivity index is 2.26. The largest absolute Gasteiger partial charge is 0.467 e. The molecule has 3 nitrogen and oxygen atoms in total. The number of nitrogens with zero attached hydrogens (tertiary/aromatic N) is 1. The lowest BCUT2D eigenvalue weighted by Crippen LogP contribution is -2.20. The Morgan fingerprint density at radius 2 is 2.17 bits per heavy atom. The zero-order valence-corrected chi connectivity index (χ0v) is 10.6. The molecule has 0 aliphatic heterocycles. The normalized spacial score (nSPS) is 12.4. The molecule has 1 atom stereocenters. The summed E-state index contributed by atoms with van der Waals surface area (Å²) in [4.78, 5) is 2.00. The van der Waals surface area contributed by atoms with Crippen molar-refractivity contribution in [3.05, 3.63) is 53.7 Å². The van der Waals surface area contributed by atoms with Gasteiger partial charge in [-0.15, -0.1) is 0 Å². The van der Waals surface area contributed by atoms with Crippen LogP contribution in [0, 0.1) is 5.82 Å². The fraction of sp³-hybridized carbons (Fsp3) is 0.286. The molecule has 0 radical (unpaired) electrons. The highest BCUT2D eigenvalue weighted by Gasteiger charge is 2.13. The molecule has 18 heavy (non-hydrogen) atoms. The second-order valence-electron chi connectivity index (χ2n) is 4.43. The quantitative estimate of drug-likeness (QED) is 0.904. The zero-order valence-electron chi connectivity index (χ0n) is 10.6. The first-order valence-electron chi connectivity index (χ1n) is 5.86. The van der Waals surface area contributed by atoms with Crippen LogP contribution in [0.3, 0.4) is 0 Å². The fourth-order valence-corrected chi connectivity index (χ4v) is 1.96. The molecule has 0 spiro atoms. The molecule has 0 saturated carbocycles. The number of benzene rings is 1. The molecule has 2 rings (SSSR count). The predicted molar refractivity (Wildman–Crippen MR) is 69.8 cm³/mol. The van der Waals surface area contributed by atoms with E-state index in [0.29, 0.717) is 6.54 Å². The molecule has 2 aromatic rings. The molecule has 0 bridgehead atoms. The summed E-state index contributed by atoms with van der Waals surface area (Å²) in [7, 11) is 1.93. The molecule has 0 fully saturated rings. The predicted octanol–water partition coefficient (Wildman–Crippen LogP) is 3.07. The average Bonchev–Trinajstić information content (AvgIpc) is 2.81. The van der Waals surface area contributed by atoms with Crippen LogP contribution < -0.4 is 10.6 Å². The van der Waals surface area contributed by atoms with Gasteiger partial charge in [0.1, 0.15) is 11.6 Å². The van der Waals surface area contributed by atoms with Gasteiger partial charge in [-0.3, -0.25) is 0 Å². The second kappa shape index (κ2) is 5.23. The van der Waals surface area contributed by atoms with E-state index in [1.165, 1.54) is 12.1 Å². The van der Waals surface area contributed by atoms with Gasteiger partial charge >= 0.3 is 0 Å². The van der Waals surface area contributed by atoms with E-state index < -0.39 is 0 Å². The summed E-state index contributed by atoms with van der Waals surface area (Å²) in [5, 5.41) is 0. The van der Waals surface area contributed by atoms with Crippen molar-refractivity contribution in [3.8, 4) is 0 Å². The lowest BCUT2D eigenvalue weighted by atomic mass is 10.1. The Labute approximate surface area is 106 Å².